The Balaban J connectivity index is 0.000000397. The van der Waals surface area contributed by atoms with Gasteiger partial charge in [0.2, 0.25) is 0 Å². The van der Waals surface area contributed by atoms with Gasteiger partial charge in [-0.05, 0) is 66.9 Å². The Morgan fingerprint density at radius 2 is 1.73 bits per heavy atom. The minimum absolute atomic E-state index is 0. The number of hydrogen-bond acceptors (Lipinski definition) is 0. The van der Waals surface area contributed by atoms with Gasteiger partial charge in [-0.1, -0.05) is 65.8 Å². The van der Waals surface area contributed by atoms with Crippen LogP contribution in [0.15, 0.2) is 24.3 Å². The van der Waals surface area contributed by atoms with Gasteiger partial charge in [-0.2, -0.15) is 0 Å². The predicted octanol–water partition coefficient (Wildman–Crippen LogP) is 5.84. The molecule has 3 atom stereocenters. The van der Waals surface area contributed by atoms with Crippen molar-refractivity contribution in [1.82, 2.24) is 0 Å². The van der Waals surface area contributed by atoms with Crippen molar-refractivity contribution in [2.45, 2.75) is 74.1 Å². The highest BCUT2D eigenvalue weighted by Crippen LogP contribution is 2.46. The van der Waals surface area contributed by atoms with Gasteiger partial charge in [0.15, 0.2) is 0 Å². The molecule has 1 aromatic carbocycles. The summed E-state index contributed by atoms with van der Waals surface area (Å²) in [6, 6.07) is 8.49. The molecule has 22 heavy (non-hydrogen) atoms. The van der Waals surface area contributed by atoms with Crippen LogP contribution in [0.4, 0.5) is 0 Å². The number of rotatable bonds is 2. The highest BCUT2D eigenvalue weighted by molar-refractivity contribution is 5.24. The SMILES string of the molecule is CC(C)C1(C)CC[C@@H](C)[C@H](C)C1.CCc1ccccc1C.O. The topological polar surface area (TPSA) is 31.5 Å². The molecule has 1 heteroatoms. The monoisotopic (exact) mass is 306 g/mol. The van der Waals surface area contributed by atoms with Gasteiger partial charge in [-0.15, -0.1) is 0 Å². The molecule has 0 aromatic heterocycles. The third-order valence-electron chi connectivity index (χ3n) is 5.97. The van der Waals surface area contributed by atoms with Crippen molar-refractivity contribution in [1.29, 1.82) is 0 Å². The minimum atomic E-state index is 0. The van der Waals surface area contributed by atoms with E-state index in [1.807, 2.05) is 0 Å². The van der Waals surface area contributed by atoms with Gasteiger partial charge in [0.25, 0.3) is 0 Å². The number of benzene rings is 1. The molecule has 0 amide bonds. The van der Waals surface area contributed by atoms with Gasteiger partial charge in [0.05, 0.1) is 0 Å². The summed E-state index contributed by atoms with van der Waals surface area (Å²) in [6.45, 7) is 16.4. The average Bonchev–Trinajstić information content (AvgIpc) is 2.44. The van der Waals surface area contributed by atoms with E-state index >= 15 is 0 Å². The normalized spacial score (nSPS) is 27.6. The Morgan fingerprint density at radius 3 is 2.14 bits per heavy atom. The molecule has 0 spiro atoms. The Morgan fingerprint density at radius 1 is 1.14 bits per heavy atom. The van der Waals surface area contributed by atoms with Crippen LogP contribution in [0.2, 0.25) is 0 Å². The van der Waals surface area contributed by atoms with Crippen LogP contribution >= 0.6 is 0 Å². The molecule has 1 aliphatic carbocycles. The first-order chi connectivity index (χ1) is 9.80. The second-order valence-corrected chi connectivity index (χ2v) is 7.79. The van der Waals surface area contributed by atoms with Crippen molar-refractivity contribution in [3.8, 4) is 0 Å². The lowest BCUT2D eigenvalue weighted by molar-refractivity contribution is 0.0754. The van der Waals surface area contributed by atoms with Crippen molar-refractivity contribution in [2.24, 2.45) is 23.2 Å². The molecule has 0 aliphatic heterocycles. The maximum Gasteiger partial charge on any atom is -0.0300 e. The molecule has 1 unspecified atom stereocenters. The summed E-state index contributed by atoms with van der Waals surface area (Å²) in [5.74, 6) is 2.75. The molecule has 0 heterocycles. The molecule has 1 saturated carbocycles. The Bertz CT molecular complexity index is 424. The molecule has 128 valence electrons. The van der Waals surface area contributed by atoms with Crippen LogP contribution in [0.5, 0.6) is 0 Å². The third-order valence-corrected chi connectivity index (χ3v) is 5.97. The van der Waals surface area contributed by atoms with Gasteiger partial charge in [0, 0.05) is 0 Å². The Labute approximate surface area is 138 Å². The quantitative estimate of drug-likeness (QED) is 0.657. The molecular formula is C21H38O. The molecule has 0 saturated heterocycles. The van der Waals surface area contributed by atoms with Gasteiger partial charge in [-0.25, -0.2) is 0 Å². The van der Waals surface area contributed by atoms with Crippen LogP contribution in [-0.2, 0) is 6.42 Å². The first-order valence-electron chi connectivity index (χ1n) is 8.84. The standard InChI is InChI=1S/C12H24.C9H12.H2O/c1-9(2)12(5)7-6-10(3)11(4)8-12;1-3-9-7-5-4-6-8(9)2;/h9-11H,6-8H2,1-5H3;4-7H,3H2,1-2H3;1H2/t10-,11-,12?;;/m1../s1. The fourth-order valence-corrected chi connectivity index (χ4v) is 3.41. The molecular weight excluding hydrogens is 268 g/mol. The summed E-state index contributed by atoms with van der Waals surface area (Å²) in [4.78, 5) is 0. The molecule has 0 radical (unpaired) electrons. The van der Waals surface area contributed by atoms with E-state index in [1.165, 1.54) is 30.4 Å². The Kier molecular flexibility index (Phi) is 9.00. The highest BCUT2D eigenvalue weighted by Gasteiger charge is 2.35. The van der Waals surface area contributed by atoms with Crippen molar-refractivity contribution in [3.63, 3.8) is 0 Å². The average molecular weight is 307 g/mol. The summed E-state index contributed by atoms with van der Waals surface area (Å²) in [6.07, 6.45) is 5.46. The fourth-order valence-electron chi connectivity index (χ4n) is 3.41. The van der Waals surface area contributed by atoms with Crippen LogP contribution in [0.3, 0.4) is 0 Å². The fraction of sp³-hybridized carbons (Fsp3) is 0.714. The molecule has 0 bridgehead atoms. The van der Waals surface area contributed by atoms with Gasteiger partial charge < -0.3 is 5.48 Å². The molecule has 1 fully saturated rings. The van der Waals surface area contributed by atoms with Crippen molar-refractivity contribution in [2.75, 3.05) is 0 Å². The molecule has 1 aliphatic rings. The zero-order chi connectivity index (χ0) is 16.0. The molecule has 2 rings (SSSR count). The first-order valence-corrected chi connectivity index (χ1v) is 8.84. The molecule has 2 N–H and O–H groups in total. The van der Waals surface area contributed by atoms with Crippen LogP contribution in [0, 0.1) is 30.1 Å². The maximum atomic E-state index is 2.47. The van der Waals surface area contributed by atoms with E-state index in [1.54, 1.807) is 0 Å². The van der Waals surface area contributed by atoms with Crippen molar-refractivity contribution >= 4 is 0 Å². The zero-order valence-electron chi connectivity index (χ0n) is 15.9. The van der Waals surface area contributed by atoms with Gasteiger partial charge in [-0.3, -0.25) is 0 Å². The van der Waals surface area contributed by atoms with Crippen molar-refractivity contribution in [3.05, 3.63) is 35.4 Å². The van der Waals surface area contributed by atoms with E-state index in [0.717, 1.165) is 24.2 Å². The van der Waals surface area contributed by atoms with E-state index in [2.05, 4.69) is 72.7 Å². The van der Waals surface area contributed by atoms with E-state index < -0.39 is 0 Å². The minimum Gasteiger partial charge on any atom is -0.412 e. The number of aryl methyl sites for hydroxylation is 2. The second kappa shape index (κ2) is 9.35. The van der Waals surface area contributed by atoms with Gasteiger partial charge >= 0.3 is 0 Å². The van der Waals surface area contributed by atoms with Gasteiger partial charge in [0.1, 0.15) is 0 Å². The van der Waals surface area contributed by atoms with Crippen LogP contribution in [0.25, 0.3) is 0 Å². The lowest BCUT2D eigenvalue weighted by Gasteiger charge is -2.43. The summed E-state index contributed by atoms with van der Waals surface area (Å²) < 4.78 is 0. The third kappa shape index (κ3) is 5.76. The molecule has 1 aromatic rings. The van der Waals surface area contributed by atoms with E-state index in [4.69, 9.17) is 0 Å². The van der Waals surface area contributed by atoms with Crippen LogP contribution < -0.4 is 0 Å². The van der Waals surface area contributed by atoms with Crippen LogP contribution in [-0.4, -0.2) is 5.48 Å². The van der Waals surface area contributed by atoms with Crippen molar-refractivity contribution < 1.29 is 5.48 Å². The predicted molar refractivity (Wildman–Crippen MR) is 99.3 cm³/mol. The summed E-state index contributed by atoms with van der Waals surface area (Å²) in [7, 11) is 0. The summed E-state index contributed by atoms with van der Waals surface area (Å²) in [5, 5.41) is 0. The Hall–Kier alpha value is -0.820. The molecule has 1 nitrogen and oxygen atoms in total. The lowest BCUT2D eigenvalue weighted by atomic mass is 9.62. The second-order valence-electron chi connectivity index (χ2n) is 7.79. The van der Waals surface area contributed by atoms with E-state index in [9.17, 15) is 0 Å². The summed E-state index contributed by atoms with van der Waals surface area (Å²) in [5.41, 5.74) is 3.49. The van der Waals surface area contributed by atoms with Crippen LogP contribution in [0.1, 0.15) is 71.9 Å². The zero-order valence-corrected chi connectivity index (χ0v) is 15.9. The first kappa shape index (κ1) is 21.2. The van der Waals surface area contributed by atoms with E-state index in [-0.39, 0.29) is 5.48 Å². The van der Waals surface area contributed by atoms with E-state index in [0.29, 0.717) is 5.41 Å². The maximum absolute atomic E-state index is 2.47. The summed E-state index contributed by atoms with van der Waals surface area (Å²) >= 11 is 0. The number of hydrogen-bond donors (Lipinski definition) is 0. The largest absolute Gasteiger partial charge is 0.412 e. The lowest BCUT2D eigenvalue weighted by Crippen LogP contribution is -2.33. The highest BCUT2D eigenvalue weighted by atomic mass is 16.0. The smallest absolute Gasteiger partial charge is 0.0300 e.